The average molecular weight is 362 g/mol. The van der Waals surface area contributed by atoms with Gasteiger partial charge in [-0.15, -0.1) is 11.3 Å². The Kier molecular flexibility index (Phi) is 6.41. The van der Waals surface area contributed by atoms with Gasteiger partial charge in [0, 0.05) is 16.5 Å². The number of ether oxygens (including phenoxy) is 3. The van der Waals surface area contributed by atoms with Gasteiger partial charge in [0.05, 0.1) is 21.3 Å². The van der Waals surface area contributed by atoms with Crippen LogP contribution < -0.4 is 25.1 Å². The summed E-state index contributed by atoms with van der Waals surface area (Å²) in [6.45, 7) is 0. The summed E-state index contributed by atoms with van der Waals surface area (Å²) in [6.07, 6.45) is 2.99. The molecule has 0 saturated heterocycles. The van der Waals surface area contributed by atoms with Crippen molar-refractivity contribution in [2.75, 3.05) is 21.3 Å². The molecule has 0 atom stereocenters. The van der Waals surface area contributed by atoms with E-state index in [-0.39, 0.29) is 5.56 Å². The van der Waals surface area contributed by atoms with Crippen molar-refractivity contribution < 1.29 is 23.8 Å². The molecule has 132 valence electrons. The molecule has 0 aliphatic carbocycles. The fourth-order valence-electron chi connectivity index (χ4n) is 1.99. The van der Waals surface area contributed by atoms with E-state index in [1.807, 2.05) is 17.5 Å². The quantitative estimate of drug-likeness (QED) is 0.608. The molecule has 7 nitrogen and oxygen atoms in total. The monoisotopic (exact) mass is 362 g/mol. The number of hydrazine groups is 1. The van der Waals surface area contributed by atoms with Crippen molar-refractivity contribution in [3.05, 3.63) is 46.2 Å². The number of thiophene rings is 1. The zero-order valence-corrected chi connectivity index (χ0v) is 14.8. The number of hydrogen-bond donors (Lipinski definition) is 2. The van der Waals surface area contributed by atoms with Crippen LogP contribution in [0, 0.1) is 0 Å². The first-order valence-corrected chi connectivity index (χ1v) is 8.09. The Hall–Kier alpha value is -3.00. The number of nitrogens with one attached hydrogen (secondary N) is 2. The van der Waals surface area contributed by atoms with Crippen LogP contribution in [0.3, 0.4) is 0 Å². The summed E-state index contributed by atoms with van der Waals surface area (Å²) in [4.78, 5) is 24.9. The third-order valence-electron chi connectivity index (χ3n) is 3.17. The van der Waals surface area contributed by atoms with Gasteiger partial charge in [-0.05, 0) is 29.7 Å². The van der Waals surface area contributed by atoms with Crippen molar-refractivity contribution in [3.8, 4) is 17.2 Å². The van der Waals surface area contributed by atoms with Crippen molar-refractivity contribution in [2.24, 2.45) is 0 Å². The maximum Gasteiger partial charge on any atom is 0.269 e. The van der Waals surface area contributed by atoms with E-state index >= 15 is 0 Å². The van der Waals surface area contributed by atoms with Gasteiger partial charge in [0.25, 0.3) is 11.8 Å². The van der Waals surface area contributed by atoms with Crippen LogP contribution in [0.5, 0.6) is 17.2 Å². The summed E-state index contributed by atoms with van der Waals surface area (Å²) >= 11 is 1.50. The molecule has 0 radical (unpaired) electrons. The van der Waals surface area contributed by atoms with E-state index in [0.29, 0.717) is 17.2 Å². The Morgan fingerprint density at radius 2 is 1.72 bits per heavy atom. The van der Waals surface area contributed by atoms with Crippen LogP contribution in [0.25, 0.3) is 6.08 Å². The second-order valence-electron chi connectivity index (χ2n) is 4.71. The molecule has 2 aromatic rings. The van der Waals surface area contributed by atoms with Crippen LogP contribution in [0.1, 0.15) is 15.2 Å². The van der Waals surface area contributed by atoms with E-state index in [4.69, 9.17) is 14.2 Å². The number of methoxy groups -OCH3 is 3. The molecule has 0 aliphatic rings. The largest absolute Gasteiger partial charge is 0.493 e. The maximum absolute atomic E-state index is 12.2. The van der Waals surface area contributed by atoms with Gasteiger partial charge in [0.1, 0.15) is 0 Å². The average Bonchev–Trinajstić information content (AvgIpc) is 3.16. The third-order valence-corrected chi connectivity index (χ3v) is 4.01. The lowest BCUT2D eigenvalue weighted by Gasteiger charge is -2.14. The Morgan fingerprint density at radius 1 is 1.04 bits per heavy atom. The number of amides is 2. The second-order valence-corrected chi connectivity index (χ2v) is 5.69. The molecule has 2 amide bonds. The molecular weight excluding hydrogens is 344 g/mol. The van der Waals surface area contributed by atoms with Crippen molar-refractivity contribution in [2.45, 2.75) is 0 Å². The van der Waals surface area contributed by atoms with Gasteiger partial charge in [-0.1, -0.05) is 6.07 Å². The molecule has 1 aromatic carbocycles. The highest BCUT2D eigenvalue weighted by Gasteiger charge is 2.17. The Bertz CT molecular complexity index is 746. The highest BCUT2D eigenvalue weighted by molar-refractivity contribution is 7.10. The molecule has 0 spiro atoms. The Morgan fingerprint density at radius 3 is 2.24 bits per heavy atom. The summed E-state index contributed by atoms with van der Waals surface area (Å²) < 4.78 is 15.6. The number of rotatable bonds is 6. The lowest BCUT2D eigenvalue weighted by molar-refractivity contribution is -0.117. The summed E-state index contributed by atoms with van der Waals surface area (Å²) in [5.41, 5.74) is 4.89. The number of hydrogen-bond acceptors (Lipinski definition) is 6. The molecule has 25 heavy (non-hydrogen) atoms. The van der Waals surface area contributed by atoms with Gasteiger partial charge in [-0.2, -0.15) is 0 Å². The SMILES string of the molecule is COc1cc(C(=O)NNC(=O)/C=C/c2cccs2)cc(OC)c1OC. The van der Waals surface area contributed by atoms with E-state index < -0.39 is 11.8 Å². The van der Waals surface area contributed by atoms with Gasteiger partial charge in [0.2, 0.25) is 5.75 Å². The fourth-order valence-corrected chi connectivity index (χ4v) is 2.61. The molecule has 2 N–H and O–H groups in total. The van der Waals surface area contributed by atoms with Crippen molar-refractivity contribution in [1.82, 2.24) is 10.9 Å². The standard InChI is InChI=1S/C17H18N2O5S/c1-22-13-9-11(10-14(23-2)16(13)24-3)17(21)19-18-15(20)7-6-12-5-4-8-25-12/h4-10H,1-3H3,(H,18,20)(H,19,21)/b7-6+. The lowest BCUT2D eigenvalue weighted by atomic mass is 10.1. The molecule has 2 rings (SSSR count). The van der Waals surface area contributed by atoms with Gasteiger partial charge >= 0.3 is 0 Å². The fraction of sp³-hybridized carbons (Fsp3) is 0.176. The van der Waals surface area contributed by atoms with E-state index in [9.17, 15) is 9.59 Å². The van der Waals surface area contributed by atoms with Crippen molar-refractivity contribution in [3.63, 3.8) is 0 Å². The zero-order chi connectivity index (χ0) is 18.2. The smallest absolute Gasteiger partial charge is 0.269 e. The molecule has 1 aromatic heterocycles. The minimum absolute atomic E-state index is 0.247. The van der Waals surface area contributed by atoms with Gasteiger partial charge in [-0.25, -0.2) is 0 Å². The second kappa shape index (κ2) is 8.74. The first-order chi connectivity index (χ1) is 12.1. The Balaban J connectivity index is 2.04. The van der Waals surface area contributed by atoms with Crippen molar-refractivity contribution >= 4 is 29.2 Å². The van der Waals surface area contributed by atoms with E-state index in [1.54, 1.807) is 6.08 Å². The molecule has 8 heteroatoms. The molecule has 0 saturated carbocycles. The third kappa shape index (κ3) is 4.74. The van der Waals surface area contributed by atoms with E-state index in [1.165, 1.54) is 50.9 Å². The minimum atomic E-state index is -0.517. The van der Waals surface area contributed by atoms with Gasteiger partial charge < -0.3 is 14.2 Å². The van der Waals surface area contributed by atoms with Crippen molar-refractivity contribution in [1.29, 1.82) is 0 Å². The highest BCUT2D eigenvalue weighted by atomic mass is 32.1. The Labute approximate surface area is 149 Å². The molecule has 0 aliphatic heterocycles. The summed E-state index contributed by atoms with van der Waals surface area (Å²) in [6, 6.07) is 6.74. The first-order valence-electron chi connectivity index (χ1n) is 7.21. The summed E-state index contributed by atoms with van der Waals surface area (Å²) in [5, 5.41) is 1.91. The van der Waals surface area contributed by atoms with E-state index in [0.717, 1.165) is 4.88 Å². The van der Waals surface area contributed by atoms with Crippen LogP contribution >= 0.6 is 11.3 Å². The van der Waals surface area contributed by atoms with Crippen LogP contribution in [0.2, 0.25) is 0 Å². The number of carbonyl (C=O) groups is 2. The topological polar surface area (TPSA) is 85.9 Å². The van der Waals surface area contributed by atoms with Gasteiger partial charge in [0.15, 0.2) is 11.5 Å². The maximum atomic E-state index is 12.2. The molecular formula is C17H18N2O5S. The highest BCUT2D eigenvalue weighted by Crippen LogP contribution is 2.38. The van der Waals surface area contributed by atoms with Crippen LogP contribution in [-0.4, -0.2) is 33.1 Å². The van der Waals surface area contributed by atoms with E-state index in [2.05, 4.69) is 10.9 Å². The van der Waals surface area contributed by atoms with Crippen LogP contribution in [0.4, 0.5) is 0 Å². The predicted octanol–water partition coefficient (Wildman–Crippen LogP) is 2.25. The molecule has 0 unspecified atom stereocenters. The number of carbonyl (C=O) groups excluding carboxylic acids is 2. The minimum Gasteiger partial charge on any atom is -0.493 e. The van der Waals surface area contributed by atoms with Gasteiger partial charge in [-0.3, -0.25) is 20.4 Å². The molecule has 0 bridgehead atoms. The summed E-state index contributed by atoms with van der Waals surface area (Å²) in [5.74, 6) is 0.0996. The predicted molar refractivity (Wildman–Crippen MR) is 95.1 cm³/mol. The summed E-state index contributed by atoms with van der Waals surface area (Å²) in [7, 11) is 4.38. The first kappa shape index (κ1) is 18.3. The van der Waals surface area contributed by atoms with Crippen LogP contribution in [0.15, 0.2) is 35.7 Å². The number of benzene rings is 1. The molecule has 1 heterocycles. The van der Waals surface area contributed by atoms with Crippen LogP contribution in [-0.2, 0) is 4.79 Å². The zero-order valence-electron chi connectivity index (χ0n) is 14.0. The normalized spacial score (nSPS) is 10.4. The lowest BCUT2D eigenvalue weighted by Crippen LogP contribution is -2.40. The molecule has 0 fully saturated rings.